The van der Waals surface area contributed by atoms with Crippen molar-refractivity contribution in [3.8, 4) is 11.8 Å². The van der Waals surface area contributed by atoms with Crippen molar-refractivity contribution < 1.29 is 14.5 Å². The standard InChI is InChI=1S/C15H16BrNO3/c1-9-7-15(20-19-9)13(16)11-6-10(8-17)4-5-12(11)18-14(15,2)3/h4-6,9,13H,7H2,1-3H3. The van der Waals surface area contributed by atoms with Gasteiger partial charge in [-0.3, -0.25) is 0 Å². The topological polar surface area (TPSA) is 51.5 Å². The largest absolute Gasteiger partial charge is 0.484 e. The number of hydrogen-bond acceptors (Lipinski definition) is 4. The van der Waals surface area contributed by atoms with Crippen LogP contribution >= 0.6 is 15.9 Å². The lowest BCUT2D eigenvalue weighted by atomic mass is 9.75. The average Bonchev–Trinajstić information content (AvgIpc) is 2.80. The smallest absolute Gasteiger partial charge is 0.161 e. The zero-order valence-electron chi connectivity index (χ0n) is 11.6. The van der Waals surface area contributed by atoms with Gasteiger partial charge in [-0.05, 0) is 39.0 Å². The van der Waals surface area contributed by atoms with Gasteiger partial charge in [-0.1, -0.05) is 15.9 Å². The van der Waals surface area contributed by atoms with Crippen molar-refractivity contribution in [3.63, 3.8) is 0 Å². The molecule has 0 saturated carbocycles. The molecule has 1 fully saturated rings. The first-order valence-corrected chi connectivity index (χ1v) is 7.53. The Bertz CT molecular complexity index is 595. The quantitative estimate of drug-likeness (QED) is 0.535. The predicted octanol–water partition coefficient (Wildman–Crippen LogP) is 3.64. The Kier molecular flexibility index (Phi) is 3.09. The summed E-state index contributed by atoms with van der Waals surface area (Å²) in [5, 5.41) is 9.06. The van der Waals surface area contributed by atoms with Gasteiger partial charge in [0.2, 0.25) is 0 Å². The van der Waals surface area contributed by atoms with E-state index in [1.807, 2.05) is 32.9 Å². The lowest BCUT2D eigenvalue weighted by Crippen LogP contribution is -2.58. The third kappa shape index (κ3) is 1.79. The van der Waals surface area contributed by atoms with E-state index in [2.05, 4.69) is 22.0 Å². The summed E-state index contributed by atoms with van der Waals surface area (Å²) in [6.45, 7) is 5.99. The first kappa shape index (κ1) is 13.9. The lowest BCUT2D eigenvalue weighted by molar-refractivity contribution is -0.351. The number of halogens is 1. The maximum absolute atomic E-state index is 9.06. The van der Waals surface area contributed by atoms with Crippen molar-refractivity contribution >= 4 is 15.9 Å². The Morgan fingerprint density at radius 1 is 1.40 bits per heavy atom. The molecule has 3 rings (SSSR count). The minimum atomic E-state index is -0.604. The number of hydrogen-bond donors (Lipinski definition) is 0. The molecule has 0 bridgehead atoms. The molecule has 20 heavy (non-hydrogen) atoms. The summed E-state index contributed by atoms with van der Waals surface area (Å²) in [6, 6.07) is 7.61. The van der Waals surface area contributed by atoms with Gasteiger partial charge in [-0.2, -0.15) is 5.26 Å². The summed E-state index contributed by atoms with van der Waals surface area (Å²) in [7, 11) is 0. The number of nitrogens with zero attached hydrogens (tertiary/aromatic N) is 1. The van der Waals surface area contributed by atoms with Crippen LogP contribution in [-0.4, -0.2) is 17.3 Å². The summed E-state index contributed by atoms with van der Waals surface area (Å²) < 4.78 is 6.13. The number of benzene rings is 1. The fourth-order valence-corrected chi connectivity index (χ4v) is 4.15. The van der Waals surface area contributed by atoms with Gasteiger partial charge >= 0.3 is 0 Å². The van der Waals surface area contributed by atoms with E-state index in [0.717, 1.165) is 17.7 Å². The highest BCUT2D eigenvalue weighted by atomic mass is 79.9. The summed E-state index contributed by atoms with van der Waals surface area (Å²) in [4.78, 5) is 11.0. The average molecular weight is 338 g/mol. The van der Waals surface area contributed by atoms with Gasteiger partial charge in [0, 0.05) is 12.0 Å². The fraction of sp³-hybridized carbons (Fsp3) is 0.533. The number of alkyl halides is 1. The molecule has 2 heterocycles. The molecule has 106 valence electrons. The molecule has 0 aromatic heterocycles. The fourth-order valence-electron chi connectivity index (χ4n) is 2.98. The molecule has 1 aromatic carbocycles. The van der Waals surface area contributed by atoms with Crippen LogP contribution in [0.5, 0.6) is 5.75 Å². The second-order valence-corrected chi connectivity index (χ2v) is 6.84. The van der Waals surface area contributed by atoms with Crippen LogP contribution in [0.4, 0.5) is 0 Å². The van der Waals surface area contributed by atoms with Gasteiger partial charge in [-0.25, -0.2) is 9.78 Å². The van der Waals surface area contributed by atoms with Crippen LogP contribution in [0.15, 0.2) is 18.2 Å². The summed E-state index contributed by atoms with van der Waals surface area (Å²) in [5.41, 5.74) is 0.403. The van der Waals surface area contributed by atoms with Gasteiger partial charge < -0.3 is 4.74 Å². The second-order valence-electron chi connectivity index (χ2n) is 5.92. The Morgan fingerprint density at radius 3 is 2.75 bits per heavy atom. The second kappa shape index (κ2) is 4.45. The Labute approximate surface area is 126 Å². The molecular weight excluding hydrogens is 322 g/mol. The molecule has 0 amide bonds. The van der Waals surface area contributed by atoms with Gasteiger partial charge in [0.05, 0.1) is 22.6 Å². The van der Waals surface area contributed by atoms with Gasteiger partial charge in [-0.15, -0.1) is 0 Å². The third-order valence-electron chi connectivity index (χ3n) is 4.16. The van der Waals surface area contributed by atoms with Crippen molar-refractivity contribution in [2.45, 2.75) is 49.3 Å². The summed E-state index contributed by atoms with van der Waals surface area (Å²) >= 11 is 3.74. The van der Waals surface area contributed by atoms with E-state index in [9.17, 15) is 0 Å². The molecule has 1 spiro atoms. The Balaban J connectivity index is 2.13. The zero-order chi connectivity index (χ0) is 14.5. The molecule has 0 radical (unpaired) electrons. The van der Waals surface area contributed by atoms with Crippen LogP contribution in [0.25, 0.3) is 0 Å². The number of nitriles is 1. The molecule has 1 saturated heterocycles. The van der Waals surface area contributed by atoms with E-state index in [-0.39, 0.29) is 10.9 Å². The van der Waals surface area contributed by atoms with E-state index in [1.165, 1.54) is 0 Å². The Morgan fingerprint density at radius 2 is 2.15 bits per heavy atom. The normalized spacial score (nSPS) is 34.4. The van der Waals surface area contributed by atoms with Gasteiger partial charge in [0.25, 0.3) is 0 Å². The van der Waals surface area contributed by atoms with Gasteiger partial charge in [0.1, 0.15) is 11.4 Å². The zero-order valence-corrected chi connectivity index (χ0v) is 13.2. The first-order valence-electron chi connectivity index (χ1n) is 6.61. The molecule has 2 aliphatic rings. The molecule has 3 atom stereocenters. The van der Waals surface area contributed by atoms with Crippen LogP contribution in [0.1, 0.15) is 43.1 Å². The van der Waals surface area contributed by atoms with E-state index < -0.39 is 11.2 Å². The molecule has 4 nitrogen and oxygen atoms in total. The highest BCUT2D eigenvalue weighted by Gasteiger charge is 2.61. The van der Waals surface area contributed by atoms with Crippen molar-refractivity contribution in [2.24, 2.45) is 0 Å². The first-order chi connectivity index (χ1) is 9.39. The highest BCUT2D eigenvalue weighted by Crippen LogP contribution is 2.56. The van der Waals surface area contributed by atoms with Crippen molar-refractivity contribution in [1.82, 2.24) is 0 Å². The van der Waals surface area contributed by atoms with Crippen molar-refractivity contribution in [2.75, 3.05) is 0 Å². The molecule has 0 aliphatic carbocycles. The van der Waals surface area contributed by atoms with Crippen molar-refractivity contribution in [1.29, 1.82) is 5.26 Å². The lowest BCUT2D eigenvalue weighted by Gasteiger charge is -2.48. The minimum absolute atomic E-state index is 0.0126. The predicted molar refractivity (Wildman–Crippen MR) is 76.5 cm³/mol. The molecule has 2 aliphatic heterocycles. The molecule has 3 unspecified atom stereocenters. The Hall–Kier alpha value is -1.09. The van der Waals surface area contributed by atoms with E-state index in [1.54, 1.807) is 6.07 Å². The third-order valence-corrected chi connectivity index (χ3v) is 5.39. The molecular formula is C15H16BrNO3. The van der Waals surface area contributed by atoms with Crippen LogP contribution in [0.3, 0.4) is 0 Å². The summed E-state index contributed by atoms with van der Waals surface area (Å²) in [5.74, 6) is 0.782. The minimum Gasteiger partial charge on any atom is -0.484 e. The monoisotopic (exact) mass is 337 g/mol. The van der Waals surface area contributed by atoms with E-state index >= 15 is 0 Å². The van der Waals surface area contributed by atoms with Crippen LogP contribution < -0.4 is 4.74 Å². The molecule has 1 aromatic rings. The molecule has 5 heteroatoms. The number of rotatable bonds is 0. The molecule has 0 N–H and O–H groups in total. The van der Waals surface area contributed by atoms with Crippen LogP contribution in [0.2, 0.25) is 0 Å². The van der Waals surface area contributed by atoms with Crippen LogP contribution in [-0.2, 0) is 9.78 Å². The SMILES string of the molecule is CC1CC2(OO1)C(Br)c1cc(C#N)ccc1OC2(C)C. The summed E-state index contributed by atoms with van der Waals surface area (Å²) in [6.07, 6.45) is 0.741. The van der Waals surface area contributed by atoms with Gasteiger partial charge in [0.15, 0.2) is 5.60 Å². The van der Waals surface area contributed by atoms with Crippen molar-refractivity contribution in [3.05, 3.63) is 29.3 Å². The van der Waals surface area contributed by atoms with E-state index in [4.69, 9.17) is 19.8 Å². The van der Waals surface area contributed by atoms with E-state index in [0.29, 0.717) is 5.56 Å². The highest BCUT2D eigenvalue weighted by molar-refractivity contribution is 9.09. The maximum atomic E-state index is 9.06. The number of ether oxygens (including phenoxy) is 1. The number of fused-ring (bicyclic) bond motifs is 1. The van der Waals surface area contributed by atoms with Crippen LogP contribution in [0, 0.1) is 11.3 Å². The maximum Gasteiger partial charge on any atom is 0.161 e.